The maximum atomic E-state index is 12.1. The quantitative estimate of drug-likeness (QED) is 0.865. The molecule has 1 aliphatic rings. The van der Waals surface area contributed by atoms with Gasteiger partial charge in [-0.2, -0.15) is 0 Å². The van der Waals surface area contributed by atoms with Gasteiger partial charge in [0.2, 0.25) is 11.8 Å². The van der Waals surface area contributed by atoms with Gasteiger partial charge >= 0.3 is 0 Å². The Balaban J connectivity index is 1.73. The first-order chi connectivity index (χ1) is 11.3. The molecule has 1 aromatic heterocycles. The zero-order valence-electron chi connectivity index (χ0n) is 15.1. The van der Waals surface area contributed by atoms with Crippen molar-refractivity contribution in [2.24, 2.45) is 5.92 Å². The van der Waals surface area contributed by atoms with Gasteiger partial charge in [0.05, 0.1) is 11.9 Å². The van der Waals surface area contributed by atoms with Gasteiger partial charge in [-0.15, -0.1) is 0 Å². The van der Waals surface area contributed by atoms with Gasteiger partial charge in [-0.25, -0.2) is 0 Å². The van der Waals surface area contributed by atoms with E-state index in [2.05, 4.69) is 36.0 Å². The molecule has 2 amide bonds. The van der Waals surface area contributed by atoms with Crippen molar-refractivity contribution >= 4 is 17.5 Å². The summed E-state index contributed by atoms with van der Waals surface area (Å²) in [6, 6.07) is 3.61. The molecule has 0 bridgehead atoms. The van der Waals surface area contributed by atoms with E-state index in [9.17, 15) is 9.59 Å². The number of likely N-dealkylation sites (tertiary alicyclic amines) is 1. The Morgan fingerprint density at radius 3 is 2.79 bits per heavy atom. The summed E-state index contributed by atoms with van der Waals surface area (Å²) < 4.78 is 0. The number of nitrogens with one attached hydrogen (secondary N) is 1. The van der Waals surface area contributed by atoms with Gasteiger partial charge in [0, 0.05) is 44.2 Å². The number of rotatable bonds is 6. The lowest BCUT2D eigenvalue weighted by Crippen LogP contribution is -2.42. The summed E-state index contributed by atoms with van der Waals surface area (Å²) in [5.41, 5.74) is 0.598. The second-order valence-corrected chi connectivity index (χ2v) is 7.55. The maximum absolute atomic E-state index is 12.1. The fourth-order valence-electron chi connectivity index (χ4n) is 3.04. The largest absolute Gasteiger partial charge is 0.338 e. The van der Waals surface area contributed by atoms with Gasteiger partial charge in [-0.05, 0) is 45.9 Å². The fraction of sp³-hybridized carbons (Fsp3) is 0.611. The molecule has 6 heteroatoms. The molecule has 0 aliphatic carbocycles. The lowest BCUT2D eigenvalue weighted by molar-refractivity contribution is -0.131. The highest BCUT2D eigenvalue weighted by molar-refractivity contribution is 5.90. The first-order valence-corrected chi connectivity index (χ1v) is 8.44. The van der Waals surface area contributed by atoms with Crippen molar-refractivity contribution in [2.45, 2.75) is 39.2 Å². The highest BCUT2D eigenvalue weighted by Gasteiger charge is 2.36. The molecule has 2 heterocycles. The number of carbonyl (C=O) groups excluding carboxylic acids is 2. The molecular formula is C18H28N4O2. The van der Waals surface area contributed by atoms with Crippen molar-refractivity contribution in [3.05, 3.63) is 24.5 Å². The molecular weight excluding hydrogens is 304 g/mol. The Morgan fingerprint density at radius 1 is 1.46 bits per heavy atom. The molecule has 1 aliphatic heterocycles. The van der Waals surface area contributed by atoms with Crippen molar-refractivity contribution in [1.82, 2.24) is 14.8 Å². The zero-order valence-corrected chi connectivity index (χ0v) is 15.1. The number of pyridine rings is 1. The molecule has 0 saturated carbocycles. The Kier molecular flexibility index (Phi) is 5.94. The molecule has 1 atom stereocenters. The second-order valence-electron chi connectivity index (χ2n) is 7.55. The number of hydrogen-bond acceptors (Lipinski definition) is 4. The number of aromatic nitrogens is 1. The van der Waals surface area contributed by atoms with E-state index in [1.165, 1.54) is 0 Å². The van der Waals surface area contributed by atoms with Crippen molar-refractivity contribution in [2.75, 3.05) is 32.0 Å². The predicted molar refractivity (Wildman–Crippen MR) is 94.6 cm³/mol. The minimum atomic E-state index is -0.117. The number of nitrogens with zero attached hydrogens (tertiary/aromatic N) is 3. The van der Waals surface area contributed by atoms with Crippen LogP contribution in [0.5, 0.6) is 0 Å². The molecule has 132 valence electrons. The monoisotopic (exact) mass is 332 g/mol. The predicted octanol–water partition coefficient (Wildman–Crippen LogP) is 1.99. The number of hydrogen-bond donors (Lipinski definition) is 1. The van der Waals surface area contributed by atoms with Crippen LogP contribution in [-0.4, -0.2) is 58.8 Å². The minimum Gasteiger partial charge on any atom is -0.338 e. The normalized spacial score (nSPS) is 18.3. The summed E-state index contributed by atoms with van der Waals surface area (Å²) in [5.74, 6) is 0.548. The third-order valence-corrected chi connectivity index (χ3v) is 4.25. The first-order valence-electron chi connectivity index (χ1n) is 8.44. The highest BCUT2D eigenvalue weighted by atomic mass is 16.2. The molecule has 1 saturated heterocycles. The molecule has 0 aromatic carbocycles. The summed E-state index contributed by atoms with van der Waals surface area (Å²) in [6.07, 6.45) is 4.33. The molecule has 1 aromatic rings. The Hall–Kier alpha value is -1.95. The van der Waals surface area contributed by atoms with Gasteiger partial charge in [-0.1, -0.05) is 0 Å². The molecule has 1 fully saturated rings. The molecule has 24 heavy (non-hydrogen) atoms. The SMILES string of the molecule is CN(CCC(=O)Nc1cccnc1)CC1CC(=O)N(C(C)(C)C)C1. The van der Waals surface area contributed by atoms with Gasteiger partial charge in [0.15, 0.2) is 0 Å². The zero-order chi connectivity index (χ0) is 17.7. The Labute approximate surface area is 144 Å². The van der Waals surface area contributed by atoms with Crippen LogP contribution >= 0.6 is 0 Å². The average molecular weight is 332 g/mol. The van der Waals surface area contributed by atoms with E-state index in [1.807, 2.05) is 18.0 Å². The molecule has 2 rings (SSSR count). The highest BCUT2D eigenvalue weighted by Crippen LogP contribution is 2.26. The summed E-state index contributed by atoms with van der Waals surface area (Å²) in [5, 5.41) is 2.83. The third-order valence-electron chi connectivity index (χ3n) is 4.25. The number of amides is 2. The number of anilines is 1. The van der Waals surface area contributed by atoms with Crippen LogP contribution in [0.1, 0.15) is 33.6 Å². The van der Waals surface area contributed by atoms with Crippen LogP contribution in [0.25, 0.3) is 0 Å². The Bertz CT molecular complexity index is 568. The van der Waals surface area contributed by atoms with E-state index >= 15 is 0 Å². The third kappa shape index (κ3) is 5.30. The van der Waals surface area contributed by atoms with Crippen LogP contribution < -0.4 is 5.32 Å². The Morgan fingerprint density at radius 2 is 2.21 bits per heavy atom. The van der Waals surface area contributed by atoms with Crippen molar-refractivity contribution in [3.8, 4) is 0 Å². The minimum absolute atomic E-state index is 0.0198. The van der Waals surface area contributed by atoms with Crippen molar-refractivity contribution < 1.29 is 9.59 Å². The molecule has 1 N–H and O–H groups in total. The topological polar surface area (TPSA) is 65.5 Å². The van der Waals surface area contributed by atoms with Gasteiger partial charge in [0.25, 0.3) is 0 Å². The average Bonchev–Trinajstić information content (AvgIpc) is 2.87. The first kappa shape index (κ1) is 18.4. The summed E-state index contributed by atoms with van der Waals surface area (Å²) in [6.45, 7) is 8.51. The maximum Gasteiger partial charge on any atom is 0.225 e. The van der Waals surface area contributed by atoms with Crippen molar-refractivity contribution in [1.29, 1.82) is 0 Å². The second kappa shape index (κ2) is 7.75. The van der Waals surface area contributed by atoms with Gasteiger partial charge in [0.1, 0.15) is 0 Å². The van der Waals surface area contributed by atoms with Crippen LogP contribution in [0.2, 0.25) is 0 Å². The van der Waals surface area contributed by atoms with E-state index in [-0.39, 0.29) is 17.4 Å². The fourth-order valence-corrected chi connectivity index (χ4v) is 3.04. The summed E-state index contributed by atoms with van der Waals surface area (Å²) in [4.78, 5) is 32.1. The lowest BCUT2D eigenvalue weighted by Gasteiger charge is -2.32. The van der Waals surface area contributed by atoms with Gasteiger partial charge < -0.3 is 15.1 Å². The summed E-state index contributed by atoms with van der Waals surface area (Å²) >= 11 is 0. The van der Waals surface area contributed by atoms with E-state index < -0.39 is 0 Å². The van der Waals surface area contributed by atoms with E-state index in [0.717, 1.165) is 13.1 Å². The van der Waals surface area contributed by atoms with E-state index in [0.29, 0.717) is 31.0 Å². The van der Waals surface area contributed by atoms with Crippen LogP contribution in [0.3, 0.4) is 0 Å². The van der Waals surface area contributed by atoms with E-state index in [1.54, 1.807) is 18.5 Å². The molecule has 0 spiro atoms. The van der Waals surface area contributed by atoms with Crippen molar-refractivity contribution in [3.63, 3.8) is 0 Å². The van der Waals surface area contributed by atoms with Crippen LogP contribution in [-0.2, 0) is 9.59 Å². The lowest BCUT2D eigenvalue weighted by atomic mass is 10.1. The van der Waals surface area contributed by atoms with Crippen LogP contribution in [0, 0.1) is 5.92 Å². The standard InChI is InChI=1S/C18H28N4O2/c1-18(2,3)22-13-14(10-17(22)24)12-21(4)9-7-16(23)20-15-6-5-8-19-11-15/h5-6,8,11,14H,7,9-10,12-13H2,1-4H3,(H,20,23). The molecule has 0 radical (unpaired) electrons. The molecule has 1 unspecified atom stereocenters. The van der Waals surface area contributed by atoms with E-state index in [4.69, 9.17) is 0 Å². The summed E-state index contributed by atoms with van der Waals surface area (Å²) in [7, 11) is 2.00. The smallest absolute Gasteiger partial charge is 0.225 e. The molecule has 6 nitrogen and oxygen atoms in total. The van der Waals surface area contributed by atoms with Crippen LogP contribution in [0.15, 0.2) is 24.5 Å². The van der Waals surface area contributed by atoms with Crippen LogP contribution in [0.4, 0.5) is 5.69 Å². The van der Waals surface area contributed by atoms with Gasteiger partial charge in [-0.3, -0.25) is 14.6 Å². The number of carbonyl (C=O) groups is 2.